The summed E-state index contributed by atoms with van der Waals surface area (Å²) >= 11 is 7.66. The van der Waals surface area contributed by atoms with Gasteiger partial charge in [0.05, 0.1) is 4.34 Å². The number of rotatable bonds is 8. The molecule has 92 valence electrons. The van der Waals surface area contributed by atoms with Gasteiger partial charge in [-0.3, -0.25) is 0 Å². The number of hydrogen-bond donors (Lipinski definition) is 1. The molecule has 0 saturated heterocycles. The van der Waals surface area contributed by atoms with E-state index < -0.39 is 0 Å². The van der Waals surface area contributed by atoms with Crippen LogP contribution in [0.5, 0.6) is 0 Å². The van der Waals surface area contributed by atoms with Crippen molar-refractivity contribution in [1.29, 1.82) is 0 Å². The third-order valence-corrected chi connectivity index (χ3v) is 3.92. The highest BCUT2D eigenvalue weighted by Gasteiger charge is 2.09. The maximum Gasteiger partial charge on any atom is 0.0931 e. The Kier molecular flexibility index (Phi) is 7.10. The molecule has 3 heteroatoms. The zero-order valence-electron chi connectivity index (χ0n) is 10.3. The van der Waals surface area contributed by atoms with E-state index in [1.165, 1.54) is 30.6 Å². The number of thiophene rings is 1. The van der Waals surface area contributed by atoms with Crippen LogP contribution in [0.25, 0.3) is 0 Å². The molecule has 1 atom stereocenters. The molecule has 1 nitrogen and oxygen atoms in total. The van der Waals surface area contributed by atoms with E-state index in [4.69, 9.17) is 11.6 Å². The maximum absolute atomic E-state index is 5.95. The fraction of sp³-hybridized carbons (Fsp3) is 0.692. The van der Waals surface area contributed by atoms with Crippen LogP contribution in [0.15, 0.2) is 12.1 Å². The van der Waals surface area contributed by atoms with Crippen LogP contribution < -0.4 is 5.32 Å². The van der Waals surface area contributed by atoms with E-state index in [1.807, 2.05) is 6.07 Å². The van der Waals surface area contributed by atoms with Crippen LogP contribution in [-0.4, -0.2) is 12.6 Å². The lowest BCUT2D eigenvalue weighted by Gasteiger charge is -2.17. The normalized spacial score (nSPS) is 12.9. The third-order valence-electron chi connectivity index (χ3n) is 2.67. The quantitative estimate of drug-likeness (QED) is 0.725. The van der Waals surface area contributed by atoms with Gasteiger partial charge in [-0.1, -0.05) is 38.3 Å². The molecule has 1 heterocycles. The van der Waals surface area contributed by atoms with Gasteiger partial charge >= 0.3 is 0 Å². The monoisotopic (exact) mass is 259 g/mol. The Labute approximate surface area is 108 Å². The highest BCUT2D eigenvalue weighted by atomic mass is 35.5. The van der Waals surface area contributed by atoms with Crippen molar-refractivity contribution < 1.29 is 0 Å². The molecule has 0 amide bonds. The molecule has 0 spiro atoms. The van der Waals surface area contributed by atoms with E-state index in [9.17, 15) is 0 Å². The molecule has 1 aromatic rings. The maximum atomic E-state index is 5.95. The van der Waals surface area contributed by atoms with Crippen LogP contribution in [0.4, 0.5) is 0 Å². The molecule has 1 aromatic heterocycles. The average molecular weight is 260 g/mol. The van der Waals surface area contributed by atoms with E-state index in [0.29, 0.717) is 6.04 Å². The highest BCUT2D eigenvalue weighted by Crippen LogP contribution is 2.23. The molecular formula is C13H22ClNS. The van der Waals surface area contributed by atoms with Crippen LogP contribution in [0.3, 0.4) is 0 Å². The van der Waals surface area contributed by atoms with Crippen LogP contribution >= 0.6 is 22.9 Å². The van der Waals surface area contributed by atoms with Crippen LogP contribution in [0.2, 0.25) is 4.34 Å². The number of nitrogens with one attached hydrogen (secondary N) is 1. The van der Waals surface area contributed by atoms with Crippen molar-refractivity contribution in [1.82, 2.24) is 5.32 Å². The minimum Gasteiger partial charge on any atom is -0.314 e. The first-order valence-electron chi connectivity index (χ1n) is 6.23. The van der Waals surface area contributed by atoms with E-state index in [-0.39, 0.29) is 0 Å². The Morgan fingerprint density at radius 2 is 2.12 bits per heavy atom. The molecule has 0 aliphatic rings. The van der Waals surface area contributed by atoms with Gasteiger partial charge in [0, 0.05) is 10.9 Å². The number of hydrogen-bond acceptors (Lipinski definition) is 2. The minimum atomic E-state index is 0.620. The summed E-state index contributed by atoms with van der Waals surface area (Å²) in [7, 11) is 0. The van der Waals surface area contributed by atoms with Gasteiger partial charge in [0.25, 0.3) is 0 Å². The fourth-order valence-electron chi connectivity index (χ4n) is 1.78. The molecule has 0 aliphatic carbocycles. The zero-order chi connectivity index (χ0) is 11.8. The van der Waals surface area contributed by atoms with E-state index >= 15 is 0 Å². The lowest BCUT2D eigenvalue weighted by molar-refractivity contribution is 0.464. The first kappa shape index (κ1) is 14.0. The summed E-state index contributed by atoms with van der Waals surface area (Å²) in [5.41, 5.74) is 0. The van der Waals surface area contributed by atoms with Crippen molar-refractivity contribution in [3.63, 3.8) is 0 Å². The first-order chi connectivity index (χ1) is 7.76. The molecule has 1 N–H and O–H groups in total. The molecule has 16 heavy (non-hydrogen) atoms. The van der Waals surface area contributed by atoms with Gasteiger partial charge < -0.3 is 5.32 Å². The second-order valence-electron chi connectivity index (χ2n) is 4.20. The fourth-order valence-corrected chi connectivity index (χ4v) is 2.95. The Bertz CT molecular complexity index is 277. The van der Waals surface area contributed by atoms with E-state index in [1.54, 1.807) is 11.3 Å². The second kappa shape index (κ2) is 8.10. The molecule has 0 bridgehead atoms. The van der Waals surface area contributed by atoms with Crippen molar-refractivity contribution in [2.45, 2.75) is 52.0 Å². The molecule has 0 radical (unpaired) electrons. The molecule has 0 aromatic carbocycles. The van der Waals surface area contributed by atoms with E-state index in [0.717, 1.165) is 17.3 Å². The van der Waals surface area contributed by atoms with Crippen molar-refractivity contribution in [3.05, 3.63) is 21.3 Å². The van der Waals surface area contributed by atoms with Crippen LogP contribution in [0, 0.1) is 0 Å². The van der Waals surface area contributed by atoms with Gasteiger partial charge in [-0.05, 0) is 37.9 Å². The van der Waals surface area contributed by atoms with Gasteiger partial charge in [-0.15, -0.1) is 11.3 Å². The van der Waals surface area contributed by atoms with Crippen molar-refractivity contribution in [2.75, 3.05) is 6.54 Å². The summed E-state index contributed by atoms with van der Waals surface area (Å²) in [5, 5.41) is 3.63. The SMILES string of the molecule is CCCCC(Cc1ccc(Cl)s1)NCCC. The van der Waals surface area contributed by atoms with Gasteiger partial charge in [0.1, 0.15) is 0 Å². The standard InChI is InChI=1S/C13H22ClNS/c1-3-5-6-11(15-9-4-2)10-12-7-8-13(14)16-12/h7-8,11,15H,3-6,9-10H2,1-2H3. The Morgan fingerprint density at radius 3 is 2.69 bits per heavy atom. The molecule has 0 fully saturated rings. The highest BCUT2D eigenvalue weighted by molar-refractivity contribution is 7.16. The number of halogens is 1. The largest absolute Gasteiger partial charge is 0.314 e. The molecule has 1 unspecified atom stereocenters. The van der Waals surface area contributed by atoms with Gasteiger partial charge in [0.2, 0.25) is 0 Å². The molecule has 0 aliphatic heterocycles. The molecular weight excluding hydrogens is 238 g/mol. The summed E-state index contributed by atoms with van der Waals surface area (Å²) in [5.74, 6) is 0. The number of unbranched alkanes of at least 4 members (excludes halogenated alkanes) is 1. The van der Waals surface area contributed by atoms with Gasteiger partial charge in [-0.25, -0.2) is 0 Å². The lowest BCUT2D eigenvalue weighted by Crippen LogP contribution is -2.31. The summed E-state index contributed by atoms with van der Waals surface area (Å²) in [6, 6.07) is 4.77. The minimum absolute atomic E-state index is 0.620. The topological polar surface area (TPSA) is 12.0 Å². The predicted molar refractivity (Wildman–Crippen MR) is 74.6 cm³/mol. The van der Waals surface area contributed by atoms with Crippen molar-refractivity contribution >= 4 is 22.9 Å². The Hall–Kier alpha value is -0.0500. The van der Waals surface area contributed by atoms with E-state index in [2.05, 4.69) is 25.2 Å². The predicted octanol–water partition coefficient (Wildman–Crippen LogP) is 4.50. The Balaban J connectivity index is 2.41. The lowest BCUT2D eigenvalue weighted by atomic mass is 10.1. The summed E-state index contributed by atoms with van der Waals surface area (Å²) in [6.07, 6.45) is 6.17. The summed E-state index contributed by atoms with van der Waals surface area (Å²) in [6.45, 7) is 5.58. The van der Waals surface area contributed by atoms with Crippen molar-refractivity contribution in [3.8, 4) is 0 Å². The molecule has 1 rings (SSSR count). The van der Waals surface area contributed by atoms with Crippen LogP contribution in [-0.2, 0) is 6.42 Å². The zero-order valence-corrected chi connectivity index (χ0v) is 11.8. The average Bonchev–Trinajstić information content (AvgIpc) is 2.68. The molecule has 0 saturated carbocycles. The van der Waals surface area contributed by atoms with Crippen molar-refractivity contribution in [2.24, 2.45) is 0 Å². The second-order valence-corrected chi connectivity index (χ2v) is 6.00. The smallest absolute Gasteiger partial charge is 0.0931 e. The van der Waals surface area contributed by atoms with Gasteiger partial charge in [-0.2, -0.15) is 0 Å². The van der Waals surface area contributed by atoms with Gasteiger partial charge in [0.15, 0.2) is 0 Å². The van der Waals surface area contributed by atoms with Crippen LogP contribution in [0.1, 0.15) is 44.4 Å². The third kappa shape index (κ3) is 5.33. The Morgan fingerprint density at radius 1 is 1.31 bits per heavy atom. The first-order valence-corrected chi connectivity index (χ1v) is 7.43. The summed E-state index contributed by atoms with van der Waals surface area (Å²) in [4.78, 5) is 1.40. The summed E-state index contributed by atoms with van der Waals surface area (Å²) < 4.78 is 0.903.